The van der Waals surface area contributed by atoms with Crippen LogP contribution < -0.4 is 11.1 Å². The van der Waals surface area contributed by atoms with Crippen molar-refractivity contribution in [1.82, 2.24) is 4.98 Å². The number of aromatic nitrogens is 1. The number of thiophene rings is 1. The average molecular weight is 391 g/mol. The number of anilines is 2. The summed E-state index contributed by atoms with van der Waals surface area (Å²) in [7, 11) is 0. The van der Waals surface area contributed by atoms with Crippen molar-refractivity contribution in [3.05, 3.63) is 52.9 Å². The van der Waals surface area contributed by atoms with Gasteiger partial charge in [-0.3, -0.25) is 4.79 Å². The Labute approximate surface area is 164 Å². The number of rotatable bonds is 4. The lowest BCUT2D eigenvalue weighted by Crippen LogP contribution is -2.05. The van der Waals surface area contributed by atoms with Crippen LogP contribution in [0.25, 0.3) is 10.4 Å². The molecule has 2 heterocycles. The summed E-state index contributed by atoms with van der Waals surface area (Å²) in [6.45, 7) is 1.44. The van der Waals surface area contributed by atoms with E-state index in [-0.39, 0.29) is 17.3 Å². The van der Waals surface area contributed by atoms with E-state index in [0.717, 1.165) is 9.77 Å². The van der Waals surface area contributed by atoms with E-state index in [0.29, 0.717) is 21.8 Å². The summed E-state index contributed by atoms with van der Waals surface area (Å²) in [6.07, 6.45) is 0. The Morgan fingerprint density at radius 3 is 2.44 bits per heavy atom. The van der Waals surface area contributed by atoms with Crippen molar-refractivity contribution in [2.45, 2.75) is 16.8 Å². The molecule has 0 saturated carbocycles. The number of benzene rings is 1. The lowest BCUT2D eigenvalue weighted by Gasteiger charge is -2.12. The molecule has 1 amide bonds. The molecule has 0 fully saturated rings. The Balaban J connectivity index is 2.05. The highest BCUT2D eigenvalue weighted by Gasteiger charge is 2.21. The monoisotopic (exact) mass is 391 g/mol. The van der Waals surface area contributed by atoms with Gasteiger partial charge in [0.1, 0.15) is 28.5 Å². The van der Waals surface area contributed by atoms with Crippen LogP contribution in [0, 0.1) is 22.7 Å². The van der Waals surface area contributed by atoms with Gasteiger partial charge >= 0.3 is 0 Å². The van der Waals surface area contributed by atoms with Gasteiger partial charge in [-0.15, -0.1) is 11.3 Å². The molecule has 0 atom stereocenters. The third-order valence-electron chi connectivity index (χ3n) is 3.57. The van der Waals surface area contributed by atoms with Gasteiger partial charge in [0.15, 0.2) is 0 Å². The van der Waals surface area contributed by atoms with E-state index >= 15 is 0 Å². The first-order valence-corrected chi connectivity index (χ1v) is 9.46. The number of amides is 1. The maximum Gasteiger partial charge on any atom is 0.221 e. The molecule has 6 nitrogen and oxygen atoms in total. The molecule has 3 aromatic rings. The zero-order chi connectivity index (χ0) is 19.4. The molecule has 0 bridgehead atoms. The molecule has 27 heavy (non-hydrogen) atoms. The Morgan fingerprint density at radius 1 is 1.19 bits per heavy atom. The van der Waals surface area contributed by atoms with Crippen LogP contribution in [-0.4, -0.2) is 10.9 Å². The van der Waals surface area contributed by atoms with Crippen molar-refractivity contribution in [2.75, 3.05) is 11.1 Å². The fourth-order valence-corrected chi connectivity index (χ4v) is 4.13. The quantitative estimate of drug-likeness (QED) is 0.687. The number of nitriles is 2. The van der Waals surface area contributed by atoms with Crippen molar-refractivity contribution in [1.29, 1.82) is 10.5 Å². The lowest BCUT2D eigenvalue weighted by atomic mass is 10.0. The fraction of sp³-hybridized carbons (Fsp3) is 0.0526. The van der Waals surface area contributed by atoms with Crippen molar-refractivity contribution >= 4 is 40.5 Å². The SMILES string of the molecule is CC(=O)Nc1ccc(Sc2nc(N)c(C#N)c(-c3cccs3)c2C#N)cc1. The normalized spacial score (nSPS) is 10.0. The molecule has 0 radical (unpaired) electrons. The molecule has 1 aromatic carbocycles. The minimum absolute atomic E-state index is 0.0947. The number of carbonyl (C=O) groups is 1. The van der Waals surface area contributed by atoms with Gasteiger partial charge in [-0.05, 0) is 35.7 Å². The molecule has 3 rings (SSSR count). The molecule has 0 spiro atoms. The van der Waals surface area contributed by atoms with E-state index in [1.807, 2.05) is 29.6 Å². The highest BCUT2D eigenvalue weighted by Crippen LogP contribution is 2.39. The molecule has 0 aliphatic rings. The summed E-state index contributed by atoms with van der Waals surface area (Å²) in [5, 5.41) is 24.2. The van der Waals surface area contributed by atoms with Crippen molar-refractivity contribution in [2.24, 2.45) is 0 Å². The predicted molar refractivity (Wildman–Crippen MR) is 106 cm³/mol. The summed E-state index contributed by atoms with van der Waals surface area (Å²) >= 11 is 2.71. The molecule has 0 aliphatic carbocycles. The predicted octanol–water partition coefficient (Wildman–Crippen LogP) is 4.25. The maximum atomic E-state index is 11.1. The number of nitrogens with zero attached hydrogens (tertiary/aromatic N) is 3. The van der Waals surface area contributed by atoms with Crippen LogP contribution in [0.15, 0.2) is 51.7 Å². The van der Waals surface area contributed by atoms with Gasteiger partial charge in [0.25, 0.3) is 0 Å². The number of nitrogens with one attached hydrogen (secondary N) is 1. The van der Waals surface area contributed by atoms with Crippen molar-refractivity contribution < 1.29 is 4.79 Å². The van der Waals surface area contributed by atoms with Gasteiger partial charge in [0.2, 0.25) is 5.91 Å². The molecular weight excluding hydrogens is 378 g/mol. The summed E-state index contributed by atoms with van der Waals surface area (Å²) in [4.78, 5) is 17.0. The van der Waals surface area contributed by atoms with Crippen LogP contribution in [0.5, 0.6) is 0 Å². The summed E-state index contributed by atoms with van der Waals surface area (Å²) in [5.74, 6) is -0.0541. The van der Waals surface area contributed by atoms with Crippen LogP contribution in [0.3, 0.4) is 0 Å². The Morgan fingerprint density at radius 2 is 1.89 bits per heavy atom. The van der Waals surface area contributed by atoms with Gasteiger partial charge in [0.05, 0.1) is 5.56 Å². The van der Waals surface area contributed by atoms with Crippen LogP contribution in [0.2, 0.25) is 0 Å². The van der Waals surface area contributed by atoms with Gasteiger partial charge in [-0.25, -0.2) is 4.98 Å². The second-order valence-electron chi connectivity index (χ2n) is 5.44. The molecule has 2 aromatic heterocycles. The topological polar surface area (TPSA) is 116 Å². The number of nitrogen functional groups attached to an aromatic ring is 1. The van der Waals surface area contributed by atoms with E-state index in [9.17, 15) is 15.3 Å². The second kappa shape index (κ2) is 7.92. The zero-order valence-corrected chi connectivity index (χ0v) is 15.8. The standard InChI is InChI=1S/C19H13N5OS2/c1-11(25)23-12-4-6-13(7-5-12)27-19-15(10-21)17(16-3-2-8-26-16)14(9-20)18(22)24-19/h2-8H,1H3,(H2,22,24)(H,23,25). The molecule has 8 heteroatoms. The molecular formula is C19H13N5OS2. The van der Waals surface area contributed by atoms with Gasteiger partial charge in [-0.1, -0.05) is 17.8 Å². The third kappa shape index (κ3) is 3.93. The van der Waals surface area contributed by atoms with E-state index in [1.165, 1.54) is 30.0 Å². The van der Waals surface area contributed by atoms with Crippen molar-refractivity contribution in [3.8, 4) is 22.6 Å². The van der Waals surface area contributed by atoms with Crippen LogP contribution >= 0.6 is 23.1 Å². The second-order valence-corrected chi connectivity index (χ2v) is 7.45. The maximum absolute atomic E-state index is 11.1. The summed E-state index contributed by atoms with van der Waals surface area (Å²) in [6, 6.07) is 15.1. The van der Waals surface area contributed by atoms with Crippen LogP contribution in [0.1, 0.15) is 18.1 Å². The number of hydrogen-bond donors (Lipinski definition) is 2. The Bertz CT molecular complexity index is 1080. The Hall–Kier alpha value is -3.33. The van der Waals surface area contributed by atoms with E-state index in [4.69, 9.17) is 5.73 Å². The number of hydrogen-bond acceptors (Lipinski definition) is 7. The lowest BCUT2D eigenvalue weighted by molar-refractivity contribution is -0.114. The van der Waals surface area contributed by atoms with Gasteiger partial charge in [-0.2, -0.15) is 10.5 Å². The first kappa shape index (κ1) is 18.5. The number of carbonyl (C=O) groups excluding carboxylic acids is 1. The summed E-state index contributed by atoms with van der Waals surface area (Å²) in [5.41, 5.74) is 7.72. The largest absolute Gasteiger partial charge is 0.383 e. The number of nitrogens with two attached hydrogens (primary N) is 1. The first-order valence-electron chi connectivity index (χ1n) is 7.76. The first-order chi connectivity index (χ1) is 13.0. The molecule has 132 valence electrons. The zero-order valence-electron chi connectivity index (χ0n) is 14.2. The highest BCUT2D eigenvalue weighted by molar-refractivity contribution is 7.99. The van der Waals surface area contributed by atoms with Crippen LogP contribution in [0.4, 0.5) is 11.5 Å². The van der Waals surface area contributed by atoms with Crippen LogP contribution in [-0.2, 0) is 4.79 Å². The molecule has 0 unspecified atom stereocenters. The highest BCUT2D eigenvalue weighted by atomic mass is 32.2. The Kier molecular flexibility index (Phi) is 5.41. The third-order valence-corrected chi connectivity index (χ3v) is 5.46. The van der Waals surface area contributed by atoms with Crippen molar-refractivity contribution in [3.63, 3.8) is 0 Å². The average Bonchev–Trinajstić information content (AvgIpc) is 3.16. The van der Waals surface area contributed by atoms with E-state index < -0.39 is 0 Å². The van der Waals surface area contributed by atoms with E-state index in [1.54, 1.807) is 12.1 Å². The number of pyridine rings is 1. The minimum Gasteiger partial charge on any atom is -0.383 e. The van der Waals surface area contributed by atoms with Gasteiger partial charge < -0.3 is 11.1 Å². The molecule has 0 saturated heterocycles. The van der Waals surface area contributed by atoms with Gasteiger partial charge in [0, 0.05) is 27.9 Å². The summed E-state index contributed by atoms with van der Waals surface area (Å²) < 4.78 is 0. The fourth-order valence-electron chi connectivity index (χ4n) is 2.46. The van der Waals surface area contributed by atoms with E-state index in [2.05, 4.69) is 22.4 Å². The minimum atomic E-state index is -0.149. The molecule has 3 N–H and O–H groups in total. The molecule has 0 aliphatic heterocycles. The smallest absolute Gasteiger partial charge is 0.221 e.